The summed E-state index contributed by atoms with van der Waals surface area (Å²) in [5, 5.41) is 14.4. The van der Waals surface area contributed by atoms with Gasteiger partial charge in [-0.2, -0.15) is 0 Å². The van der Waals surface area contributed by atoms with E-state index in [4.69, 9.17) is 0 Å². The van der Waals surface area contributed by atoms with Gasteiger partial charge < -0.3 is 5.32 Å². The molecule has 24 heavy (non-hydrogen) atoms. The topological polar surface area (TPSA) is 93.8 Å². The Hall–Kier alpha value is -3.35. The molecule has 120 valence electrons. The fourth-order valence-electron chi connectivity index (χ4n) is 2.27. The van der Waals surface area contributed by atoms with Gasteiger partial charge in [0.05, 0.1) is 11.0 Å². The molecule has 1 atom stereocenters. The van der Waals surface area contributed by atoms with Crippen LogP contribution in [0.3, 0.4) is 0 Å². The molecule has 3 aromatic rings. The first-order chi connectivity index (χ1) is 11.6. The largest absolute Gasteiger partial charge is 0.360 e. The van der Waals surface area contributed by atoms with E-state index in [-0.39, 0.29) is 11.7 Å². The lowest BCUT2D eigenvalue weighted by Crippen LogP contribution is -2.12. The van der Waals surface area contributed by atoms with E-state index < -0.39 is 4.92 Å². The predicted molar refractivity (Wildman–Crippen MR) is 90.4 cm³/mol. The Morgan fingerprint density at radius 1 is 1.08 bits per heavy atom. The molecule has 0 radical (unpaired) electrons. The van der Waals surface area contributed by atoms with Crippen LogP contribution in [0.4, 0.5) is 11.5 Å². The lowest BCUT2D eigenvalue weighted by Gasteiger charge is -2.14. The Kier molecular flexibility index (Phi) is 4.42. The lowest BCUT2D eigenvalue weighted by molar-refractivity contribution is -0.384. The molecule has 0 aliphatic heterocycles. The Bertz CT molecular complexity index is 840. The number of anilines is 1. The van der Waals surface area contributed by atoms with E-state index in [1.165, 1.54) is 6.20 Å². The number of benzene rings is 1. The van der Waals surface area contributed by atoms with Crippen molar-refractivity contribution in [3.8, 4) is 11.3 Å². The van der Waals surface area contributed by atoms with Gasteiger partial charge in [-0.25, -0.2) is 15.0 Å². The highest BCUT2D eigenvalue weighted by atomic mass is 16.6. The first kappa shape index (κ1) is 15.5. The van der Waals surface area contributed by atoms with Crippen LogP contribution in [0.2, 0.25) is 0 Å². The van der Waals surface area contributed by atoms with Crippen molar-refractivity contribution < 1.29 is 4.92 Å². The van der Waals surface area contributed by atoms with Gasteiger partial charge in [0.25, 0.3) is 0 Å². The third kappa shape index (κ3) is 3.35. The van der Waals surface area contributed by atoms with E-state index >= 15 is 0 Å². The predicted octanol–water partition coefficient (Wildman–Crippen LogP) is 3.62. The molecule has 1 unspecified atom stereocenters. The van der Waals surface area contributed by atoms with Crippen LogP contribution in [0.25, 0.3) is 11.3 Å². The van der Waals surface area contributed by atoms with Gasteiger partial charge in [-0.3, -0.25) is 10.1 Å². The Morgan fingerprint density at radius 3 is 2.50 bits per heavy atom. The second kappa shape index (κ2) is 6.82. The molecule has 3 rings (SSSR count). The Morgan fingerprint density at radius 2 is 1.83 bits per heavy atom. The van der Waals surface area contributed by atoms with Crippen molar-refractivity contribution in [2.45, 2.75) is 13.0 Å². The number of rotatable bonds is 5. The first-order valence-electron chi connectivity index (χ1n) is 7.39. The zero-order valence-corrected chi connectivity index (χ0v) is 13.0. The van der Waals surface area contributed by atoms with Crippen LogP contribution in [0.1, 0.15) is 18.8 Å². The van der Waals surface area contributed by atoms with Gasteiger partial charge in [0.2, 0.25) is 0 Å². The zero-order valence-electron chi connectivity index (χ0n) is 13.0. The molecule has 1 N–H and O–H groups in total. The van der Waals surface area contributed by atoms with Crippen LogP contribution in [-0.4, -0.2) is 19.9 Å². The summed E-state index contributed by atoms with van der Waals surface area (Å²) in [4.78, 5) is 23.5. The molecule has 0 spiro atoms. The third-order valence-electron chi connectivity index (χ3n) is 3.45. The van der Waals surface area contributed by atoms with Gasteiger partial charge in [0.15, 0.2) is 11.5 Å². The van der Waals surface area contributed by atoms with Gasteiger partial charge in [0.1, 0.15) is 12.0 Å². The van der Waals surface area contributed by atoms with Crippen molar-refractivity contribution in [1.29, 1.82) is 0 Å². The summed E-state index contributed by atoms with van der Waals surface area (Å²) in [6.45, 7) is 1.88. The SMILES string of the molecule is CC(Nc1ccccn1)c1ncc([N+](=O)[O-])c(-c2ccccc2)n1. The van der Waals surface area contributed by atoms with E-state index in [0.29, 0.717) is 22.9 Å². The highest BCUT2D eigenvalue weighted by molar-refractivity contribution is 5.68. The number of hydrogen-bond donors (Lipinski definition) is 1. The number of hydrogen-bond acceptors (Lipinski definition) is 6. The molecule has 0 amide bonds. The van der Waals surface area contributed by atoms with Crippen molar-refractivity contribution in [2.24, 2.45) is 0 Å². The number of aromatic nitrogens is 3. The second-order valence-electron chi connectivity index (χ2n) is 5.17. The van der Waals surface area contributed by atoms with Crippen LogP contribution < -0.4 is 5.32 Å². The minimum atomic E-state index is -0.469. The molecule has 0 saturated heterocycles. The van der Waals surface area contributed by atoms with E-state index in [9.17, 15) is 10.1 Å². The molecule has 0 saturated carbocycles. The number of pyridine rings is 1. The highest BCUT2D eigenvalue weighted by Crippen LogP contribution is 2.28. The number of nitrogens with one attached hydrogen (secondary N) is 1. The molecule has 7 nitrogen and oxygen atoms in total. The van der Waals surface area contributed by atoms with Gasteiger partial charge in [-0.05, 0) is 19.1 Å². The van der Waals surface area contributed by atoms with E-state index in [1.807, 2.05) is 43.3 Å². The Balaban J connectivity index is 1.96. The maximum Gasteiger partial charge on any atom is 0.313 e. The molecule has 2 heterocycles. The van der Waals surface area contributed by atoms with E-state index in [1.54, 1.807) is 18.3 Å². The van der Waals surface area contributed by atoms with Gasteiger partial charge >= 0.3 is 5.69 Å². The molecular formula is C17H15N5O2. The summed E-state index contributed by atoms with van der Waals surface area (Å²) >= 11 is 0. The molecule has 0 aliphatic carbocycles. The van der Waals surface area contributed by atoms with Crippen molar-refractivity contribution in [3.05, 3.63) is 76.9 Å². The molecule has 0 fully saturated rings. The van der Waals surface area contributed by atoms with Crippen LogP contribution in [0.5, 0.6) is 0 Å². The fraction of sp³-hybridized carbons (Fsp3) is 0.118. The van der Waals surface area contributed by atoms with E-state index in [0.717, 1.165) is 0 Å². The van der Waals surface area contributed by atoms with Gasteiger partial charge in [-0.15, -0.1) is 0 Å². The minimum Gasteiger partial charge on any atom is -0.360 e. The average Bonchev–Trinajstić information content (AvgIpc) is 2.62. The average molecular weight is 321 g/mol. The van der Waals surface area contributed by atoms with Crippen LogP contribution in [0, 0.1) is 10.1 Å². The molecule has 1 aromatic carbocycles. The zero-order chi connectivity index (χ0) is 16.9. The van der Waals surface area contributed by atoms with E-state index in [2.05, 4.69) is 20.3 Å². The first-order valence-corrected chi connectivity index (χ1v) is 7.39. The summed E-state index contributed by atoms with van der Waals surface area (Å²) in [6.07, 6.45) is 2.93. The Labute approximate surface area is 138 Å². The molecular weight excluding hydrogens is 306 g/mol. The second-order valence-corrected chi connectivity index (χ2v) is 5.17. The fourth-order valence-corrected chi connectivity index (χ4v) is 2.27. The minimum absolute atomic E-state index is 0.116. The van der Waals surface area contributed by atoms with Crippen molar-refractivity contribution >= 4 is 11.5 Å². The smallest absolute Gasteiger partial charge is 0.313 e. The monoisotopic (exact) mass is 321 g/mol. The molecule has 0 bridgehead atoms. The van der Waals surface area contributed by atoms with Gasteiger partial charge in [0, 0.05) is 11.8 Å². The summed E-state index contributed by atoms with van der Waals surface area (Å²) in [6, 6.07) is 14.3. The summed E-state index contributed by atoms with van der Waals surface area (Å²) in [7, 11) is 0. The molecule has 0 aliphatic rings. The van der Waals surface area contributed by atoms with Crippen LogP contribution >= 0.6 is 0 Å². The third-order valence-corrected chi connectivity index (χ3v) is 3.45. The van der Waals surface area contributed by atoms with Gasteiger partial charge in [-0.1, -0.05) is 36.4 Å². The van der Waals surface area contributed by atoms with Crippen LogP contribution in [-0.2, 0) is 0 Å². The number of nitro groups is 1. The van der Waals surface area contributed by atoms with Crippen LogP contribution in [0.15, 0.2) is 60.9 Å². The maximum atomic E-state index is 11.3. The summed E-state index contributed by atoms with van der Waals surface area (Å²) in [5.41, 5.74) is 0.869. The van der Waals surface area contributed by atoms with Crippen molar-refractivity contribution in [3.63, 3.8) is 0 Å². The summed E-state index contributed by atoms with van der Waals surface area (Å²) in [5.74, 6) is 1.15. The van der Waals surface area contributed by atoms with Crippen molar-refractivity contribution in [1.82, 2.24) is 15.0 Å². The normalized spacial score (nSPS) is 11.7. The van der Waals surface area contributed by atoms with Crippen molar-refractivity contribution in [2.75, 3.05) is 5.32 Å². The summed E-state index contributed by atoms with van der Waals surface area (Å²) < 4.78 is 0. The highest BCUT2D eigenvalue weighted by Gasteiger charge is 2.20. The lowest BCUT2D eigenvalue weighted by atomic mass is 10.1. The molecule has 2 aromatic heterocycles. The standard InChI is InChI=1S/C17H15N5O2/c1-12(20-15-9-5-6-10-18-15)17-19-11-14(22(23)24)16(21-17)13-7-3-2-4-8-13/h2-12H,1H3,(H,18,20). The number of nitrogens with zero attached hydrogens (tertiary/aromatic N) is 4. The molecule has 7 heteroatoms. The quantitative estimate of drug-likeness (QED) is 0.570. The maximum absolute atomic E-state index is 11.3.